The zero-order chi connectivity index (χ0) is 27.2. The Bertz CT molecular complexity index is 1440. The number of allylic oxidation sites excluding steroid dienone is 4. The van der Waals surface area contributed by atoms with Gasteiger partial charge in [0.15, 0.2) is 0 Å². The van der Waals surface area contributed by atoms with Gasteiger partial charge in [0.2, 0.25) is 5.91 Å². The van der Waals surface area contributed by atoms with Gasteiger partial charge in [0.25, 0.3) is 0 Å². The molecule has 1 amide bonds. The molecule has 0 saturated heterocycles. The summed E-state index contributed by atoms with van der Waals surface area (Å²) < 4.78 is 0. The fraction of sp³-hybridized carbons (Fsp3) is 0.333. The molecule has 6 heteroatoms. The minimum atomic E-state index is -0.198. The van der Waals surface area contributed by atoms with Crippen molar-refractivity contribution in [2.75, 3.05) is 0 Å². The predicted molar refractivity (Wildman–Crippen MR) is 159 cm³/mol. The van der Waals surface area contributed by atoms with E-state index in [1.807, 2.05) is 42.3 Å². The zero-order valence-corrected chi connectivity index (χ0v) is 23.4. The summed E-state index contributed by atoms with van der Waals surface area (Å²) >= 11 is 1.69. The van der Waals surface area contributed by atoms with E-state index in [-0.39, 0.29) is 17.9 Å². The lowest BCUT2D eigenvalue weighted by atomic mass is 9.86. The highest BCUT2D eigenvalue weighted by atomic mass is 32.1. The van der Waals surface area contributed by atoms with Crippen LogP contribution in [0.2, 0.25) is 0 Å². The first-order valence-corrected chi connectivity index (χ1v) is 14.6. The number of thiazole rings is 1. The number of benzene rings is 2. The number of amidine groups is 1. The van der Waals surface area contributed by atoms with Gasteiger partial charge in [0.05, 0.1) is 35.1 Å². The summed E-state index contributed by atoms with van der Waals surface area (Å²) in [6, 6.07) is 18.2. The predicted octanol–water partition coefficient (Wildman–Crippen LogP) is 7.46. The van der Waals surface area contributed by atoms with Crippen LogP contribution in [0.15, 0.2) is 84.0 Å². The molecule has 0 radical (unpaired) electrons. The van der Waals surface area contributed by atoms with E-state index < -0.39 is 0 Å². The molecule has 0 fully saturated rings. The van der Waals surface area contributed by atoms with Gasteiger partial charge in [-0.05, 0) is 48.9 Å². The molecule has 0 bridgehead atoms. The van der Waals surface area contributed by atoms with E-state index in [1.165, 1.54) is 0 Å². The maximum Gasteiger partial charge on any atom is 0.233 e. The van der Waals surface area contributed by atoms with E-state index in [9.17, 15) is 10.1 Å². The smallest absolute Gasteiger partial charge is 0.233 e. The fourth-order valence-corrected chi connectivity index (χ4v) is 6.41. The highest BCUT2D eigenvalue weighted by Gasteiger charge is 2.37. The van der Waals surface area contributed by atoms with Crippen LogP contribution in [0.1, 0.15) is 66.5 Å². The molecule has 5 rings (SSSR count). The Morgan fingerprint density at radius 3 is 2.69 bits per heavy atom. The van der Waals surface area contributed by atoms with Gasteiger partial charge in [0.1, 0.15) is 5.84 Å². The number of rotatable bonds is 9. The molecule has 2 aliphatic rings. The number of carbonyl (C=O) groups excluding carboxylic acids is 1. The summed E-state index contributed by atoms with van der Waals surface area (Å²) in [4.78, 5) is 26.7. The van der Waals surface area contributed by atoms with E-state index >= 15 is 0 Å². The van der Waals surface area contributed by atoms with Gasteiger partial charge in [-0.15, -0.1) is 11.3 Å². The Kier molecular flexibility index (Phi) is 8.48. The lowest BCUT2D eigenvalue weighted by Gasteiger charge is -2.35. The Morgan fingerprint density at radius 1 is 1.13 bits per heavy atom. The number of hydrogen-bond acceptors (Lipinski definition) is 5. The second-order valence-electron chi connectivity index (χ2n) is 10.3. The van der Waals surface area contributed by atoms with E-state index in [4.69, 9.17) is 4.99 Å². The number of nitriles is 1. The van der Waals surface area contributed by atoms with Gasteiger partial charge in [-0.2, -0.15) is 5.26 Å². The van der Waals surface area contributed by atoms with Crippen LogP contribution in [0.4, 0.5) is 0 Å². The number of unbranched alkanes of at least 4 members (excludes halogenated alkanes) is 1. The Morgan fingerprint density at radius 2 is 1.95 bits per heavy atom. The molecule has 2 heterocycles. The molecule has 0 N–H and O–H groups in total. The molecule has 3 aromatic rings. The lowest BCUT2D eigenvalue weighted by Crippen LogP contribution is -2.48. The van der Waals surface area contributed by atoms with E-state index in [1.54, 1.807) is 11.3 Å². The maximum atomic E-state index is 14.0. The largest absolute Gasteiger partial charge is 0.295 e. The first-order chi connectivity index (χ1) is 19.1. The minimum absolute atomic E-state index is 0.0103. The summed E-state index contributed by atoms with van der Waals surface area (Å²) in [6.45, 7) is 4.66. The highest BCUT2D eigenvalue weighted by molar-refractivity contribution is 7.11. The molecule has 1 aliphatic carbocycles. The van der Waals surface area contributed by atoms with Crippen molar-refractivity contribution in [3.8, 4) is 17.2 Å². The minimum Gasteiger partial charge on any atom is -0.295 e. The molecular weight excluding hydrogens is 500 g/mol. The quantitative estimate of drug-likeness (QED) is 0.286. The number of aliphatic imine (C=N–C) groups is 1. The van der Waals surface area contributed by atoms with Gasteiger partial charge in [-0.1, -0.05) is 86.5 Å². The molecule has 3 atom stereocenters. The molecule has 2 aromatic carbocycles. The third kappa shape index (κ3) is 6.10. The summed E-state index contributed by atoms with van der Waals surface area (Å²) in [5.41, 5.74) is 3.71. The van der Waals surface area contributed by atoms with Crippen LogP contribution in [0.5, 0.6) is 0 Å². The summed E-state index contributed by atoms with van der Waals surface area (Å²) in [5, 5.41) is 10.6. The van der Waals surface area contributed by atoms with Crippen LogP contribution in [0.25, 0.3) is 11.1 Å². The van der Waals surface area contributed by atoms with Crippen molar-refractivity contribution in [2.45, 2.75) is 64.5 Å². The first-order valence-electron chi connectivity index (χ1n) is 13.8. The van der Waals surface area contributed by atoms with Gasteiger partial charge >= 0.3 is 0 Å². The SMILES string of the molecule is CCCCC1N=C(C)N(Cc2cnc(C3C=CC=CC3)s2)C(=O)C1Cc1ccc(-c2ccccc2C#N)cc1. The standard InChI is InChI=1S/C33H34N4OS/c1-3-4-14-31-30(19-24-15-17-25(18-16-24)29-13-9-8-12-27(29)20-34)33(38)37(23(2)36-31)22-28-21-35-32(39-28)26-10-6-5-7-11-26/h5-10,12-13,15-18,21,26,30-31H,3-4,11,14,19,22H2,1-2H3. The second-order valence-corrected chi connectivity index (χ2v) is 11.4. The highest BCUT2D eigenvalue weighted by Crippen LogP contribution is 2.32. The van der Waals surface area contributed by atoms with Crippen molar-refractivity contribution >= 4 is 23.1 Å². The molecule has 198 valence electrons. The number of aromatic nitrogens is 1. The summed E-state index contributed by atoms with van der Waals surface area (Å²) in [6.07, 6.45) is 15.1. The van der Waals surface area contributed by atoms with Crippen LogP contribution < -0.4 is 0 Å². The third-order valence-corrected chi connectivity index (χ3v) is 8.71. The van der Waals surface area contributed by atoms with E-state index in [0.29, 0.717) is 24.4 Å². The van der Waals surface area contributed by atoms with E-state index in [2.05, 4.69) is 66.5 Å². The molecule has 1 aromatic heterocycles. The lowest BCUT2D eigenvalue weighted by molar-refractivity contribution is -0.133. The van der Waals surface area contributed by atoms with Crippen molar-refractivity contribution < 1.29 is 4.79 Å². The molecule has 5 nitrogen and oxygen atoms in total. The monoisotopic (exact) mass is 534 g/mol. The van der Waals surface area contributed by atoms with Gasteiger partial charge < -0.3 is 0 Å². The Hall–Kier alpha value is -3.82. The normalized spacial score (nSPS) is 20.6. The van der Waals surface area contributed by atoms with Gasteiger partial charge in [-0.3, -0.25) is 14.7 Å². The van der Waals surface area contributed by atoms with Crippen LogP contribution in [0, 0.1) is 17.2 Å². The summed E-state index contributed by atoms with van der Waals surface area (Å²) in [7, 11) is 0. The fourth-order valence-electron chi connectivity index (χ4n) is 5.41. The van der Waals surface area contributed by atoms with Crippen molar-refractivity contribution in [2.24, 2.45) is 10.9 Å². The number of hydrogen-bond donors (Lipinski definition) is 0. The molecular formula is C33H34N4OS. The summed E-state index contributed by atoms with van der Waals surface area (Å²) in [5.74, 6) is 1.07. The van der Waals surface area contributed by atoms with Crippen molar-refractivity contribution in [1.29, 1.82) is 5.26 Å². The van der Waals surface area contributed by atoms with Crippen LogP contribution >= 0.6 is 11.3 Å². The van der Waals surface area contributed by atoms with Crippen molar-refractivity contribution in [3.63, 3.8) is 0 Å². The Balaban J connectivity index is 1.35. The molecule has 3 unspecified atom stereocenters. The molecule has 39 heavy (non-hydrogen) atoms. The molecule has 0 saturated carbocycles. The average Bonchev–Trinajstić information content (AvgIpc) is 3.45. The first kappa shape index (κ1) is 26.8. The zero-order valence-electron chi connectivity index (χ0n) is 22.6. The molecule has 1 aliphatic heterocycles. The number of amides is 1. The second kappa shape index (κ2) is 12.4. The maximum absolute atomic E-state index is 14.0. The van der Waals surface area contributed by atoms with Crippen LogP contribution in [-0.4, -0.2) is 27.7 Å². The van der Waals surface area contributed by atoms with Crippen LogP contribution in [0.3, 0.4) is 0 Å². The average molecular weight is 535 g/mol. The number of nitrogens with zero attached hydrogens (tertiary/aromatic N) is 4. The topological polar surface area (TPSA) is 69.3 Å². The molecule has 0 spiro atoms. The van der Waals surface area contributed by atoms with Crippen molar-refractivity contribution in [3.05, 3.63) is 100 Å². The van der Waals surface area contributed by atoms with E-state index in [0.717, 1.165) is 58.1 Å². The van der Waals surface area contributed by atoms with Gasteiger partial charge in [0, 0.05) is 17.0 Å². The van der Waals surface area contributed by atoms with Crippen molar-refractivity contribution in [1.82, 2.24) is 9.88 Å². The number of carbonyl (C=O) groups is 1. The van der Waals surface area contributed by atoms with Gasteiger partial charge in [-0.25, -0.2) is 4.98 Å². The van der Waals surface area contributed by atoms with Crippen LogP contribution in [-0.2, 0) is 17.8 Å². The third-order valence-electron chi connectivity index (χ3n) is 7.60. The Labute approximate surface area is 235 Å².